The predicted molar refractivity (Wildman–Crippen MR) is 79.7 cm³/mol. The highest BCUT2D eigenvalue weighted by molar-refractivity contribution is 5.79. The first-order chi connectivity index (χ1) is 9.65. The number of primary amides is 1. The Balaban J connectivity index is 2.17. The van der Waals surface area contributed by atoms with Gasteiger partial charge in [0.2, 0.25) is 0 Å². The quantitative estimate of drug-likeness (QED) is 0.838. The van der Waals surface area contributed by atoms with Crippen LogP contribution < -0.4 is 15.8 Å². The van der Waals surface area contributed by atoms with Crippen LogP contribution in [0.25, 0.3) is 0 Å². The first kappa shape index (κ1) is 14.9. The molecule has 1 amide bonds. The molecule has 2 rings (SSSR count). The van der Waals surface area contributed by atoms with Crippen LogP contribution in [0.15, 0.2) is 18.2 Å². The van der Waals surface area contributed by atoms with Gasteiger partial charge in [-0.05, 0) is 55.5 Å². The van der Waals surface area contributed by atoms with Crippen molar-refractivity contribution >= 4 is 5.91 Å². The summed E-state index contributed by atoms with van der Waals surface area (Å²) in [4.78, 5) is 11.2. The van der Waals surface area contributed by atoms with E-state index in [0.29, 0.717) is 12.5 Å². The van der Waals surface area contributed by atoms with Gasteiger partial charge in [-0.25, -0.2) is 0 Å². The minimum atomic E-state index is -0.541. The summed E-state index contributed by atoms with van der Waals surface area (Å²) in [6, 6.07) is 6.56. The van der Waals surface area contributed by atoms with Crippen molar-refractivity contribution in [2.24, 2.45) is 5.73 Å². The molecule has 1 aromatic carbocycles. The van der Waals surface area contributed by atoms with Crippen LogP contribution in [0.5, 0.6) is 5.75 Å². The van der Waals surface area contributed by atoms with E-state index in [1.807, 2.05) is 13.0 Å². The molecular weight excluding hydrogens is 252 g/mol. The van der Waals surface area contributed by atoms with Gasteiger partial charge < -0.3 is 15.8 Å². The van der Waals surface area contributed by atoms with Gasteiger partial charge in [0.05, 0.1) is 0 Å². The zero-order chi connectivity index (χ0) is 14.5. The van der Waals surface area contributed by atoms with Crippen molar-refractivity contribution in [1.82, 2.24) is 5.32 Å². The maximum absolute atomic E-state index is 11.2. The van der Waals surface area contributed by atoms with Crippen LogP contribution in [0.2, 0.25) is 0 Å². The largest absolute Gasteiger partial charge is 0.481 e. The smallest absolute Gasteiger partial charge is 0.258 e. The highest BCUT2D eigenvalue weighted by Crippen LogP contribution is 2.32. The number of hydrogen-bond donors (Lipinski definition) is 2. The van der Waals surface area contributed by atoms with Gasteiger partial charge >= 0.3 is 0 Å². The first-order valence-electron chi connectivity index (χ1n) is 7.47. The second-order valence-corrected chi connectivity index (χ2v) is 5.28. The molecule has 0 bridgehead atoms. The monoisotopic (exact) mass is 276 g/mol. The van der Waals surface area contributed by atoms with Gasteiger partial charge in [0.15, 0.2) is 6.10 Å². The summed E-state index contributed by atoms with van der Waals surface area (Å²) in [6.45, 7) is 5.00. The molecule has 20 heavy (non-hydrogen) atoms. The van der Waals surface area contributed by atoms with Crippen LogP contribution in [-0.2, 0) is 11.2 Å². The summed E-state index contributed by atoms with van der Waals surface area (Å²) in [7, 11) is 0. The van der Waals surface area contributed by atoms with Gasteiger partial charge in [-0.1, -0.05) is 19.9 Å². The number of benzene rings is 1. The van der Waals surface area contributed by atoms with Crippen LogP contribution in [0.1, 0.15) is 50.3 Å². The van der Waals surface area contributed by atoms with E-state index in [4.69, 9.17) is 10.5 Å². The fraction of sp³-hybridized carbons (Fsp3) is 0.562. The molecule has 0 saturated carbocycles. The molecule has 0 heterocycles. The van der Waals surface area contributed by atoms with Gasteiger partial charge in [0, 0.05) is 6.04 Å². The number of fused-ring (bicyclic) bond motifs is 1. The lowest BCUT2D eigenvalue weighted by atomic mass is 9.87. The Morgan fingerprint density at radius 2 is 2.30 bits per heavy atom. The standard InChI is InChI=1S/C16H24N2O2/c1-3-15(16(17)19)20-12-8-9-13-11(10-12)6-5-7-14(13)18-4-2/h8-10,14-15,18H,3-7H2,1-2H3,(H2,17,19). The van der Waals surface area contributed by atoms with Gasteiger partial charge in [0.1, 0.15) is 5.75 Å². The van der Waals surface area contributed by atoms with Gasteiger partial charge in [0.25, 0.3) is 5.91 Å². The molecule has 110 valence electrons. The Morgan fingerprint density at radius 3 is 2.95 bits per heavy atom. The number of carbonyl (C=O) groups is 1. The van der Waals surface area contributed by atoms with Gasteiger partial charge in [-0.2, -0.15) is 0 Å². The molecule has 0 aliphatic heterocycles. The number of nitrogens with one attached hydrogen (secondary N) is 1. The molecule has 0 aromatic heterocycles. The van der Waals surface area contributed by atoms with E-state index < -0.39 is 12.0 Å². The molecule has 1 aliphatic carbocycles. The van der Waals surface area contributed by atoms with E-state index in [2.05, 4.69) is 24.4 Å². The molecule has 4 nitrogen and oxygen atoms in total. The molecule has 0 saturated heterocycles. The third kappa shape index (κ3) is 3.31. The average Bonchev–Trinajstić information content (AvgIpc) is 2.44. The van der Waals surface area contributed by atoms with Gasteiger partial charge in [-0.15, -0.1) is 0 Å². The zero-order valence-electron chi connectivity index (χ0n) is 12.3. The highest BCUT2D eigenvalue weighted by Gasteiger charge is 2.21. The maximum atomic E-state index is 11.2. The lowest BCUT2D eigenvalue weighted by molar-refractivity contribution is -0.124. The summed E-state index contributed by atoms with van der Waals surface area (Å²) >= 11 is 0. The normalized spacial score (nSPS) is 19.2. The van der Waals surface area contributed by atoms with Crippen LogP contribution in [0, 0.1) is 0 Å². The third-order valence-electron chi connectivity index (χ3n) is 3.85. The molecule has 0 spiro atoms. The Kier molecular flexibility index (Phi) is 5.01. The van der Waals surface area contributed by atoms with E-state index in [9.17, 15) is 4.79 Å². The number of hydrogen-bond acceptors (Lipinski definition) is 3. The Hall–Kier alpha value is -1.55. The topological polar surface area (TPSA) is 64.3 Å². The second-order valence-electron chi connectivity index (χ2n) is 5.28. The molecule has 4 heteroatoms. The first-order valence-corrected chi connectivity index (χ1v) is 7.47. The van der Waals surface area contributed by atoms with Crippen LogP contribution in [-0.4, -0.2) is 18.6 Å². The van der Waals surface area contributed by atoms with Crippen molar-refractivity contribution in [1.29, 1.82) is 0 Å². The highest BCUT2D eigenvalue weighted by atomic mass is 16.5. The van der Waals surface area contributed by atoms with Crippen LogP contribution >= 0.6 is 0 Å². The third-order valence-corrected chi connectivity index (χ3v) is 3.85. The fourth-order valence-corrected chi connectivity index (χ4v) is 2.83. The average molecular weight is 276 g/mol. The molecule has 3 N–H and O–H groups in total. The molecule has 1 aromatic rings. The Labute approximate surface area is 120 Å². The molecule has 0 radical (unpaired) electrons. The predicted octanol–water partition coefficient (Wildman–Crippen LogP) is 2.32. The number of nitrogens with two attached hydrogens (primary N) is 1. The molecule has 0 fully saturated rings. The summed E-state index contributed by atoms with van der Waals surface area (Å²) < 4.78 is 5.69. The van der Waals surface area contributed by atoms with Crippen molar-refractivity contribution < 1.29 is 9.53 Å². The van der Waals surface area contributed by atoms with E-state index >= 15 is 0 Å². The maximum Gasteiger partial charge on any atom is 0.258 e. The SMILES string of the molecule is CCNC1CCCc2cc(OC(CC)C(N)=O)ccc21. The molecular formula is C16H24N2O2. The summed E-state index contributed by atoms with van der Waals surface area (Å²) in [5, 5.41) is 3.52. The zero-order valence-corrected chi connectivity index (χ0v) is 12.3. The number of aryl methyl sites for hydroxylation is 1. The molecule has 2 atom stereocenters. The van der Waals surface area contributed by atoms with Crippen LogP contribution in [0.3, 0.4) is 0 Å². The van der Waals surface area contributed by atoms with Crippen molar-refractivity contribution in [3.8, 4) is 5.75 Å². The summed E-state index contributed by atoms with van der Waals surface area (Å²) in [5.74, 6) is 0.335. The molecule has 2 unspecified atom stereocenters. The number of carbonyl (C=O) groups excluding carboxylic acids is 1. The van der Waals surface area contributed by atoms with E-state index in [1.165, 1.54) is 24.0 Å². The lowest BCUT2D eigenvalue weighted by Crippen LogP contribution is -2.33. The minimum Gasteiger partial charge on any atom is -0.481 e. The molecule has 1 aliphatic rings. The number of amides is 1. The van der Waals surface area contributed by atoms with E-state index in [-0.39, 0.29) is 0 Å². The van der Waals surface area contributed by atoms with Gasteiger partial charge in [-0.3, -0.25) is 4.79 Å². The van der Waals surface area contributed by atoms with Crippen molar-refractivity contribution in [2.75, 3.05) is 6.54 Å². The van der Waals surface area contributed by atoms with E-state index in [1.54, 1.807) is 0 Å². The summed E-state index contributed by atoms with van der Waals surface area (Å²) in [6.07, 6.45) is 3.48. The second kappa shape index (κ2) is 6.75. The van der Waals surface area contributed by atoms with Crippen molar-refractivity contribution in [3.05, 3.63) is 29.3 Å². The van der Waals surface area contributed by atoms with E-state index in [0.717, 1.165) is 18.7 Å². The van der Waals surface area contributed by atoms with Crippen molar-refractivity contribution in [2.45, 2.75) is 51.7 Å². The number of ether oxygens (including phenoxy) is 1. The van der Waals surface area contributed by atoms with Crippen molar-refractivity contribution in [3.63, 3.8) is 0 Å². The fourth-order valence-electron chi connectivity index (χ4n) is 2.83. The minimum absolute atomic E-state index is 0.407. The number of rotatable bonds is 6. The summed E-state index contributed by atoms with van der Waals surface area (Å²) in [5.41, 5.74) is 8.00. The van der Waals surface area contributed by atoms with Crippen LogP contribution in [0.4, 0.5) is 0 Å². The lowest BCUT2D eigenvalue weighted by Gasteiger charge is -2.27. The Morgan fingerprint density at radius 1 is 1.50 bits per heavy atom. The Bertz CT molecular complexity index is 474.